The quantitative estimate of drug-likeness (QED) is 0.909. The molecule has 0 bridgehead atoms. The molecule has 0 aliphatic carbocycles. The number of hydrogen-bond acceptors (Lipinski definition) is 2. The topological polar surface area (TPSA) is 58.2 Å². The first kappa shape index (κ1) is 14.8. The van der Waals surface area contributed by atoms with Crippen LogP contribution in [0, 0.1) is 13.8 Å². The van der Waals surface area contributed by atoms with Gasteiger partial charge in [0, 0.05) is 12.6 Å². The molecule has 0 unspecified atom stereocenters. The largest absolute Gasteiger partial charge is 0.355 e. The van der Waals surface area contributed by atoms with Gasteiger partial charge in [-0.05, 0) is 37.1 Å². The van der Waals surface area contributed by atoms with Crippen LogP contribution < -0.4 is 10.6 Å². The molecule has 0 aliphatic heterocycles. The molecule has 2 N–H and O–H groups in total. The average Bonchev–Trinajstić information content (AvgIpc) is 2.48. The van der Waals surface area contributed by atoms with Crippen molar-refractivity contribution in [1.82, 2.24) is 5.32 Å². The predicted molar refractivity (Wildman–Crippen MR) is 83.7 cm³/mol. The van der Waals surface area contributed by atoms with Crippen molar-refractivity contribution in [2.45, 2.75) is 13.8 Å². The number of aryl methyl sites for hydroxylation is 2. The van der Waals surface area contributed by atoms with Crippen LogP contribution in [0.5, 0.6) is 0 Å². The summed E-state index contributed by atoms with van der Waals surface area (Å²) >= 11 is 0. The maximum Gasteiger partial charge on any atom is 0.255 e. The maximum absolute atomic E-state index is 12.4. The van der Waals surface area contributed by atoms with E-state index in [0.29, 0.717) is 16.8 Å². The SMILES string of the molecule is CNC(=O)c1cccc(C)c1NC(=O)c1ccccc1C. The fourth-order valence-corrected chi connectivity index (χ4v) is 2.17. The van der Waals surface area contributed by atoms with Gasteiger partial charge in [-0.3, -0.25) is 9.59 Å². The molecule has 0 aliphatic rings. The monoisotopic (exact) mass is 282 g/mol. The Bertz CT molecular complexity index is 693. The number of nitrogens with one attached hydrogen (secondary N) is 2. The first-order chi connectivity index (χ1) is 10.0. The third-order valence-corrected chi connectivity index (χ3v) is 3.37. The van der Waals surface area contributed by atoms with E-state index in [9.17, 15) is 9.59 Å². The van der Waals surface area contributed by atoms with E-state index in [2.05, 4.69) is 10.6 Å². The number of para-hydroxylation sites is 1. The molecule has 2 rings (SSSR count). The second-order valence-corrected chi connectivity index (χ2v) is 4.85. The predicted octanol–water partition coefficient (Wildman–Crippen LogP) is 2.92. The van der Waals surface area contributed by atoms with Crippen LogP contribution >= 0.6 is 0 Å². The summed E-state index contributed by atoms with van der Waals surface area (Å²) in [5.74, 6) is -0.439. The maximum atomic E-state index is 12.4. The second kappa shape index (κ2) is 6.22. The molecule has 0 heterocycles. The van der Waals surface area contributed by atoms with Crippen LogP contribution in [-0.4, -0.2) is 18.9 Å². The number of benzene rings is 2. The summed E-state index contributed by atoms with van der Waals surface area (Å²) in [7, 11) is 1.57. The van der Waals surface area contributed by atoms with Crippen molar-refractivity contribution in [3.8, 4) is 0 Å². The van der Waals surface area contributed by atoms with Gasteiger partial charge < -0.3 is 10.6 Å². The van der Waals surface area contributed by atoms with E-state index in [0.717, 1.165) is 11.1 Å². The molecular weight excluding hydrogens is 264 g/mol. The van der Waals surface area contributed by atoms with Crippen LogP contribution in [-0.2, 0) is 0 Å². The summed E-state index contributed by atoms with van der Waals surface area (Å²) in [6.45, 7) is 3.74. The molecule has 2 aromatic carbocycles. The molecule has 0 saturated heterocycles. The van der Waals surface area contributed by atoms with Gasteiger partial charge in [-0.25, -0.2) is 0 Å². The number of amides is 2. The zero-order valence-corrected chi connectivity index (χ0v) is 12.4. The van der Waals surface area contributed by atoms with Crippen LogP contribution in [0.25, 0.3) is 0 Å². The lowest BCUT2D eigenvalue weighted by Crippen LogP contribution is -2.22. The zero-order valence-electron chi connectivity index (χ0n) is 12.4. The minimum Gasteiger partial charge on any atom is -0.355 e. The van der Waals surface area contributed by atoms with Crippen molar-refractivity contribution < 1.29 is 9.59 Å². The fraction of sp³-hybridized carbons (Fsp3) is 0.176. The highest BCUT2D eigenvalue weighted by atomic mass is 16.2. The van der Waals surface area contributed by atoms with Crippen molar-refractivity contribution in [2.24, 2.45) is 0 Å². The summed E-state index contributed by atoms with van der Waals surface area (Å²) in [4.78, 5) is 24.3. The molecule has 0 atom stereocenters. The van der Waals surface area contributed by atoms with Crippen molar-refractivity contribution in [2.75, 3.05) is 12.4 Å². The van der Waals surface area contributed by atoms with Crippen molar-refractivity contribution in [1.29, 1.82) is 0 Å². The molecule has 0 fully saturated rings. The first-order valence-corrected chi connectivity index (χ1v) is 6.73. The van der Waals surface area contributed by atoms with E-state index in [1.54, 1.807) is 25.2 Å². The summed E-state index contributed by atoms with van der Waals surface area (Å²) in [6.07, 6.45) is 0. The number of rotatable bonds is 3. The molecule has 2 aromatic rings. The third kappa shape index (κ3) is 3.11. The van der Waals surface area contributed by atoms with Gasteiger partial charge in [0.25, 0.3) is 11.8 Å². The number of hydrogen-bond donors (Lipinski definition) is 2. The molecular formula is C17H18N2O2. The Labute approximate surface area is 124 Å². The Hall–Kier alpha value is -2.62. The Morgan fingerprint density at radius 3 is 2.10 bits per heavy atom. The average molecular weight is 282 g/mol. The van der Waals surface area contributed by atoms with E-state index in [1.165, 1.54) is 0 Å². The summed E-state index contributed by atoms with van der Waals surface area (Å²) in [5, 5.41) is 5.43. The number of anilines is 1. The van der Waals surface area contributed by atoms with Crippen LogP contribution in [0.2, 0.25) is 0 Å². The van der Waals surface area contributed by atoms with E-state index in [1.807, 2.05) is 38.1 Å². The van der Waals surface area contributed by atoms with E-state index < -0.39 is 0 Å². The van der Waals surface area contributed by atoms with Gasteiger partial charge in [-0.2, -0.15) is 0 Å². The van der Waals surface area contributed by atoms with Crippen LogP contribution in [0.3, 0.4) is 0 Å². The van der Waals surface area contributed by atoms with Gasteiger partial charge in [-0.1, -0.05) is 30.3 Å². The Kier molecular flexibility index (Phi) is 4.38. The third-order valence-electron chi connectivity index (χ3n) is 3.37. The van der Waals surface area contributed by atoms with Gasteiger partial charge in [0.1, 0.15) is 0 Å². The van der Waals surface area contributed by atoms with Crippen LogP contribution in [0.15, 0.2) is 42.5 Å². The van der Waals surface area contributed by atoms with E-state index in [-0.39, 0.29) is 11.8 Å². The molecule has 0 saturated carbocycles. The molecule has 2 amide bonds. The number of carbonyl (C=O) groups is 2. The molecule has 108 valence electrons. The Morgan fingerprint density at radius 1 is 0.810 bits per heavy atom. The van der Waals surface area contributed by atoms with E-state index >= 15 is 0 Å². The smallest absolute Gasteiger partial charge is 0.255 e. The van der Waals surface area contributed by atoms with Crippen LogP contribution in [0.4, 0.5) is 5.69 Å². The normalized spacial score (nSPS) is 10.0. The molecule has 0 aromatic heterocycles. The van der Waals surface area contributed by atoms with E-state index in [4.69, 9.17) is 0 Å². The second-order valence-electron chi connectivity index (χ2n) is 4.85. The summed E-state index contributed by atoms with van der Waals surface area (Å²) in [5.41, 5.74) is 3.34. The molecule has 0 spiro atoms. The highest BCUT2D eigenvalue weighted by Crippen LogP contribution is 2.22. The van der Waals surface area contributed by atoms with Gasteiger partial charge in [0.15, 0.2) is 0 Å². The van der Waals surface area contributed by atoms with Gasteiger partial charge in [-0.15, -0.1) is 0 Å². The highest BCUT2D eigenvalue weighted by molar-refractivity contribution is 6.10. The zero-order chi connectivity index (χ0) is 15.4. The van der Waals surface area contributed by atoms with Crippen molar-refractivity contribution >= 4 is 17.5 Å². The van der Waals surface area contributed by atoms with Crippen LogP contribution in [0.1, 0.15) is 31.8 Å². The summed E-state index contributed by atoms with van der Waals surface area (Å²) in [6, 6.07) is 12.7. The standard InChI is InChI=1S/C17H18N2O2/c1-11-7-4-5-9-13(11)17(21)19-15-12(2)8-6-10-14(15)16(20)18-3/h4-10H,1-3H3,(H,18,20)(H,19,21). The lowest BCUT2D eigenvalue weighted by atomic mass is 10.1. The Balaban J connectivity index is 2.38. The highest BCUT2D eigenvalue weighted by Gasteiger charge is 2.16. The lowest BCUT2D eigenvalue weighted by molar-refractivity contribution is 0.0964. The minimum atomic E-state index is -0.223. The van der Waals surface area contributed by atoms with Gasteiger partial charge in [0.05, 0.1) is 11.3 Å². The first-order valence-electron chi connectivity index (χ1n) is 6.73. The van der Waals surface area contributed by atoms with Gasteiger partial charge >= 0.3 is 0 Å². The van der Waals surface area contributed by atoms with Crippen molar-refractivity contribution in [3.05, 3.63) is 64.7 Å². The number of carbonyl (C=O) groups excluding carboxylic acids is 2. The molecule has 0 radical (unpaired) electrons. The molecule has 4 heteroatoms. The Morgan fingerprint density at radius 2 is 1.43 bits per heavy atom. The molecule has 21 heavy (non-hydrogen) atoms. The lowest BCUT2D eigenvalue weighted by Gasteiger charge is -2.14. The van der Waals surface area contributed by atoms with Gasteiger partial charge in [0.2, 0.25) is 0 Å². The minimum absolute atomic E-state index is 0.215. The molecule has 4 nitrogen and oxygen atoms in total. The fourth-order valence-electron chi connectivity index (χ4n) is 2.17. The van der Waals surface area contributed by atoms with Crippen molar-refractivity contribution in [3.63, 3.8) is 0 Å². The summed E-state index contributed by atoms with van der Waals surface area (Å²) < 4.78 is 0.